The third-order valence-corrected chi connectivity index (χ3v) is 10.5. The molecule has 9 heteroatoms. The van der Waals surface area contributed by atoms with E-state index in [0.29, 0.717) is 52.6 Å². The summed E-state index contributed by atoms with van der Waals surface area (Å²) in [4.78, 5) is 25.3. The van der Waals surface area contributed by atoms with Gasteiger partial charge in [-0.3, -0.25) is 14.4 Å². The second-order valence-corrected chi connectivity index (χ2v) is 13.3. The van der Waals surface area contributed by atoms with Crippen molar-refractivity contribution in [3.05, 3.63) is 64.5 Å². The fourth-order valence-corrected chi connectivity index (χ4v) is 7.58. The Hall–Kier alpha value is -3.46. The quantitative estimate of drug-likeness (QED) is 0.260. The lowest BCUT2D eigenvalue weighted by molar-refractivity contribution is -0.112. The van der Waals surface area contributed by atoms with Gasteiger partial charge in [0.2, 0.25) is 0 Å². The number of aryl methyl sites for hydroxylation is 2. The van der Waals surface area contributed by atoms with Crippen LogP contribution in [0.5, 0.6) is 5.75 Å². The number of hydrogen-bond donors (Lipinski definition) is 2. The molecule has 3 aromatic rings. The van der Waals surface area contributed by atoms with Gasteiger partial charge in [0, 0.05) is 30.9 Å². The van der Waals surface area contributed by atoms with Crippen LogP contribution in [0.1, 0.15) is 52.0 Å². The van der Waals surface area contributed by atoms with E-state index in [9.17, 15) is 9.18 Å². The van der Waals surface area contributed by atoms with Gasteiger partial charge in [-0.2, -0.15) is 0 Å². The number of likely N-dealkylation sites (tertiary alicyclic amines) is 1. The number of aromatic nitrogens is 2. The van der Waals surface area contributed by atoms with Crippen molar-refractivity contribution in [2.24, 2.45) is 28.2 Å². The molecule has 1 saturated heterocycles. The lowest BCUT2D eigenvalue weighted by atomic mass is 9.45. The van der Waals surface area contributed by atoms with Crippen LogP contribution < -0.4 is 20.9 Å². The summed E-state index contributed by atoms with van der Waals surface area (Å²) in [6.07, 6.45) is 6.98. The van der Waals surface area contributed by atoms with E-state index >= 15 is 0 Å². The van der Waals surface area contributed by atoms with Crippen LogP contribution in [-0.4, -0.2) is 59.7 Å². The summed E-state index contributed by atoms with van der Waals surface area (Å²) in [6.45, 7) is 11.6. The Kier molecular flexibility index (Phi) is 8.45. The summed E-state index contributed by atoms with van der Waals surface area (Å²) in [5, 5.41) is 7.85. The smallest absolute Gasteiger partial charge is 0.261 e. The molecule has 7 rings (SSSR count). The number of rotatable bonds is 9. The standard InChI is InChI=1S/C34H45FN6O2/c1-22-28-17-24(34(28,2)3)18-30(22)39-33(36-12-16-40-13-5-6-14-40)38-25-8-10-27-31(19-25)37-21-41(32(27)42)15-11-23-7-9-26(43-4)20-29(23)35/h7-10,19-22,24,28,30H,5-6,11-18H2,1-4H3,(H2,36,38,39). The predicted octanol–water partition coefficient (Wildman–Crippen LogP) is 5.31. The minimum absolute atomic E-state index is 0.138. The number of hydrogen-bond acceptors (Lipinski definition) is 5. The number of nitrogens with one attached hydrogen (secondary N) is 2. The fraction of sp³-hybridized carbons (Fsp3) is 0.559. The summed E-state index contributed by atoms with van der Waals surface area (Å²) in [7, 11) is 1.51. The van der Waals surface area contributed by atoms with E-state index in [-0.39, 0.29) is 11.4 Å². The highest BCUT2D eigenvalue weighted by atomic mass is 19.1. The Morgan fingerprint density at radius 3 is 2.67 bits per heavy atom. The van der Waals surface area contributed by atoms with E-state index in [1.165, 1.54) is 32.4 Å². The average molecular weight is 589 g/mol. The van der Waals surface area contributed by atoms with Crippen LogP contribution >= 0.6 is 0 Å². The molecule has 4 aliphatic rings. The molecule has 3 aliphatic carbocycles. The lowest BCUT2D eigenvalue weighted by Crippen LogP contribution is -2.61. The zero-order valence-corrected chi connectivity index (χ0v) is 25.9. The molecule has 4 fully saturated rings. The molecule has 2 aromatic carbocycles. The first kappa shape index (κ1) is 29.6. The Morgan fingerprint density at radius 1 is 1.14 bits per heavy atom. The molecule has 2 bridgehead atoms. The third-order valence-electron chi connectivity index (χ3n) is 10.5. The molecule has 4 unspecified atom stereocenters. The summed E-state index contributed by atoms with van der Waals surface area (Å²) in [5.41, 5.74) is 2.29. The molecule has 0 radical (unpaired) electrons. The second-order valence-electron chi connectivity index (χ2n) is 13.3. The maximum atomic E-state index is 14.4. The van der Waals surface area contributed by atoms with Gasteiger partial charge >= 0.3 is 0 Å². The van der Waals surface area contributed by atoms with Crippen molar-refractivity contribution in [3.8, 4) is 5.75 Å². The zero-order chi connectivity index (χ0) is 30.1. The molecule has 0 spiro atoms. The molecule has 43 heavy (non-hydrogen) atoms. The number of methoxy groups -OCH3 is 1. The van der Waals surface area contributed by atoms with E-state index in [0.717, 1.165) is 56.1 Å². The Labute approximate surface area is 253 Å². The maximum Gasteiger partial charge on any atom is 0.261 e. The van der Waals surface area contributed by atoms with E-state index in [4.69, 9.17) is 9.73 Å². The molecular weight excluding hydrogens is 543 g/mol. The van der Waals surface area contributed by atoms with Gasteiger partial charge < -0.3 is 20.3 Å². The average Bonchev–Trinajstić information content (AvgIpc) is 3.51. The van der Waals surface area contributed by atoms with Crippen molar-refractivity contribution in [2.45, 2.75) is 65.5 Å². The van der Waals surface area contributed by atoms with Crippen LogP contribution in [0.2, 0.25) is 0 Å². The van der Waals surface area contributed by atoms with E-state index < -0.39 is 0 Å². The van der Waals surface area contributed by atoms with E-state index in [2.05, 4.69) is 41.3 Å². The fourth-order valence-electron chi connectivity index (χ4n) is 7.58. The molecule has 0 amide bonds. The van der Waals surface area contributed by atoms with Crippen LogP contribution in [0.25, 0.3) is 10.9 Å². The van der Waals surface area contributed by atoms with Gasteiger partial charge in [0.15, 0.2) is 5.96 Å². The van der Waals surface area contributed by atoms with Crippen LogP contribution in [0.15, 0.2) is 52.5 Å². The zero-order valence-electron chi connectivity index (χ0n) is 25.9. The van der Waals surface area contributed by atoms with Gasteiger partial charge in [0.25, 0.3) is 5.56 Å². The SMILES string of the molecule is COc1ccc(CCn2cnc3cc(NC(=NCCN4CCCC4)NC4CC5CC(C4C)C5(C)C)ccc3c2=O)c(F)c1. The highest BCUT2D eigenvalue weighted by Crippen LogP contribution is 2.61. The molecule has 230 valence electrons. The van der Waals surface area contributed by atoms with Gasteiger partial charge in [-0.25, -0.2) is 9.37 Å². The van der Waals surface area contributed by atoms with Crippen LogP contribution in [-0.2, 0) is 13.0 Å². The highest BCUT2D eigenvalue weighted by molar-refractivity contribution is 5.95. The number of fused-ring (bicyclic) bond motifs is 3. The van der Waals surface area contributed by atoms with Crippen molar-refractivity contribution in [1.82, 2.24) is 19.8 Å². The number of nitrogens with zero attached hydrogens (tertiary/aromatic N) is 4. The predicted molar refractivity (Wildman–Crippen MR) is 170 cm³/mol. The number of anilines is 1. The first-order chi connectivity index (χ1) is 20.7. The third kappa shape index (κ3) is 6.14. The number of halogens is 1. The topological polar surface area (TPSA) is 83.8 Å². The van der Waals surface area contributed by atoms with Crippen LogP contribution in [0, 0.1) is 29.0 Å². The normalized spacial score (nSPS) is 25.0. The molecular formula is C34H45FN6O2. The molecule has 3 saturated carbocycles. The minimum Gasteiger partial charge on any atom is -0.497 e. The van der Waals surface area contributed by atoms with Crippen molar-refractivity contribution in [2.75, 3.05) is 38.6 Å². The highest BCUT2D eigenvalue weighted by Gasteiger charge is 2.56. The number of guanidine groups is 1. The molecule has 2 N–H and O–H groups in total. The van der Waals surface area contributed by atoms with Crippen LogP contribution in [0.3, 0.4) is 0 Å². The van der Waals surface area contributed by atoms with Crippen molar-refractivity contribution in [3.63, 3.8) is 0 Å². The molecule has 2 heterocycles. The second kappa shape index (κ2) is 12.3. The van der Waals surface area contributed by atoms with Crippen LogP contribution in [0.4, 0.5) is 10.1 Å². The molecule has 4 atom stereocenters. The number of benzene rings is 2. The molecule has 8 nitrogen and oxygen atoms in total. The first-order valence-electron chi connectivity index (χ1n) is 15.8. The first-order valence-corrected chi connectivity index (χ1v) is 15.8. The van der Waals surface area contributed by atoms with Gasteiger partial charge in [-0.15, -0.1) is 0 Å². The summed E-state index contributed by atoms with van der Waals surface area (Å²) in [5.74, 6) is 3.00. The van der Waals surface area contributed by atoms with Crippen molar-refractivity contribution in [1.29, 1.82) is 0 Å². The van der Waals surface area contributed by atoms with Gasteiger partial charge in [-0.1, -0.05) is 26.8 Å². The van der Waals surface area contributed by atoms with E-state index in [1.54, 1.807) is 23.0 Å². The Bertz CT molecular complexity index is 1550. The Balaban J connectivity index is 1.16. The Morgan fingerprint density at radius 2 is 1.95 bits per heavy atom. The molecule has 1 aromatic heterocycles. The summed E-state index contributed by atoms with van der Waals surface area (Å²) >= 11 is 0. The maximum absolute atomic E-state index is 14.4. The van der Waals surface area contributed by atoms with Crippen molar-refractivity contribution < 1.29 is 9.13 Å². The van der Waals surface area contributed by atoms with Gasteiger partial charge in [0.1, 0.15) is 11.6 Å². The number of aliphatic imine (C=N–C) groups is 1. The molecule has 1 aliphatic heterocycles. The van der Waals surface area contributed by atoms with Crippen molar-refractivity contribution >= 4 is 22.5 Å². The summed E-state index contributed by atoms with van der Waals surface area (Å²) in [6, 6.07) is 10.8. The van der Waals surface area contributed by atoms with Gasteiger partial charge in [-0.05, 0) is 98.2 Å². The van der Waals surface area contributed by atoms with E-state index in [1.807, 2.05) is 18.2 Å². The lowest BCUT2D eigenvalue weighted by Gasteiger charge is -2.62. The number of ether oxygens (including phenoxy) is 1. The van der Waals surface area contributed by atoms with Gasteiger partial charge in [0.05, 0.1) is 30.9 Å². The summed E-state index contributed by atoms with van der Waals surface area (Å²) < 4.78 is 21.0. The minimum atomic E-state index is -0.341. The largest absolute Gasteiger partial charge is 0.497 e. The monoisotopic (exact) mass is 588 g/mol.